The van der Waals surface area contributed by atoms with E-state index in [0.29, 0.717) is 11.8 Å². The SMILES string of the molecule is CCCCc1nc2c(NC(C)(C)C)nc3cc(C4CCN(C(=O)OC(C)(C)C)CC4)sc3c2n1CC1CCOCC1. The van der Waals surface area contributed by atoms with Crippen LogP contribution in [0.25, 0.3) is 21.3 Å². The number of imidazole rings is 1. The number of likely N-dealkylation sites (tertiary alicyclic amines) is 1. The maximum atomic E-state index is 12.6. The first-order valence-corrected chi connectivity index (χ1v) is 16.4. The van der Waals surface area contributed by atoms with Crippen molar-refractivity contribution in [2.24, 2.45) is 5.92 Å². The highest BCUT2D eigenvalue weighted by atomic mass is 32.1. The van der Waals surface area contributed by atoms with Crippen LogP contribution >= 0.6 is 11.3 Å². The van der Waals surface area contributed by atoms with Gasteiger partial charge in [0.25, 0.3) is 0 Å². The number of nitrogens with one attached hydrogen (secondary N) is 1. The highest BCUT2D eigenvalue weighted by molar-refractivity contribution is 7.20. The molecule has 9 heteroatoms. The van der Waals surface area contributed by atoms with Gasteiger partial charge >= 0.3 is 6.09 Å². The average molecular weight is 584 g/mol. The van der Waals surface area contributed by atoms with Gasteiger partial charge < -0.3 is 24.3 Å². The lowest BCUT2D eigenvalue weighted by atomic mass is 9.95. The molecule has 0 spiro atoms. The van der Waals surface area contributed by atoms with E-state index in [2.05, 4.69) is 43.6 Å². The van der Waals surface area contributed by atoms with Gasteiger partial charge in [-0.05, 0) is 91.5 Å². The van der Waals surface area contributed by atoms with Crippen molar-refractivity contribution >= 4 is 44.5 Å². The number of thiophene rings is 1. The molecule has 5 heterocycles. The predicted octanol–water partition coefficient (Wildman–Crippen LogP) is 7.74. The number of nitrogens with zero attached hydrogens (tertiary/aromatic N) is 4. The quantitative estimate of drug-likeness (QED) is 0.306. The van der Waals surface area contributed by atoms with Crippen LogP contribution in [0.2, 0.25) is 0 Å². The Hall–Kier alpha value is -2.39. The number of hydrogen-bond acceptors (Lipinski definition) is 7. The molecule has 2 saturated heterocycles. The second-order valence-electron chi connectivity index (χ2n) is 13.9. The fraction of sp³-hybridized carbons (Fsp3) is 0.719. The molecule has 1 N–H and O–H groups in total. The van der Waals surface area contributed by atoms with Crippen molar-refractivity contribution in [3.8, 4) is 0 Å². The number of piperidine rings is 1. The molecule has 0 unspecified atom stereocenters. The van der Waals surface area contributed by atoms with Crippen molar-refractivity contribution in [2.45, 2.75) is 117 Å². The van der Waals surface area contributed by atoms with E-state index in [9.17, 15) is 4.79 Å². The summed E-state index contributed by atoms with van der Waals surface area (Å²) in [6, 6.07) is 2.30. The van der Waals surface area contributed by atoms with E-state index < -0.39 is 5.60 Å². The normalized spacial score (nSPS) is 18.0. The number of ether oxygens (including phenoxy) is 2. The molecule has 8 nitrogen and oxygen atoms in total. The molecule has 0 radical (unpaired) electrons. The van der Waals surface area contributed by atoms with E-state index in [0.717, 1.165) is 94.6 Å². The Morgan fingerprint density at radius 1 is 1.10 bits per heavy atom. The van der Waals surface area contributed by atoms with Crippen LogP contribution in [0, 0.1) is 5.92 Å². The zero-order valence-electron chi connectivity index (χ0n) is 26.1. The number of rotatable bonds is 7. The van der Waals surface area contributed by atoms with Crippen LogP contribution < -0.4 is 5.32 Å². The van der Waals surface area contributed by atoms with Crippen molar-refractivity contribution in [1.82, 2.24) is 19.4 Å². The Kier molecular flexibility index (Phi) is 8.86. The largest absolute Gasteiger partial charge is 0.444 e. The molecular weight excluding hydrogens is 534 g/mol. The number of amides is 1. The standard InChI is InChI=1S/C32H49N5O3S/c1-8-9-10-25-34-26-27(37(25)20-21-13-17-39-18-14-21)28-23(33-29(26)35-31(2,3)4)19-24(41-28)22-11-15-36(16-12-22)30(38)40-32(5,6)7/h19,21-22H,8-18,20H2,1-7H3,(H,33,35). The van der Waals surface area contributed by atoms with Gasteiger partial charge in [-0.15, -0.1) is 11.3 Å². The van der Waals surface area contributed by atoms with Gasteiger partial charge in [0.1, 0.15) is 16.9 Å². The number of carbonyl (C=O) groups is 1. The molecule has 3 aromatic heterocycles. The Bertz CT molecular complexity index is 1350. The molecule has 5 rings (SSSR count). The number of aromatic nitrogens is 3. The van der Waals surface area contributed by atoms with Gasteiger partial charge in [0, 0.05) is 49.7 Å². The molecule has 2 aliphatic rings. The zero-order chi connectivity index (χ0) is 29.4. The summed E-state index contributed by atoms with van der Waals surface area (Å²) in [6.07, 6.45) is 7.11. The lowest BCUT2D eigenvalue weighted by Crippen LogP contribution is -2.41. The molecule has 2 fully saturated rings. The average Bonchev–Trinajstić information content (AvgIpc) is 3.48. The van der Waals surface area contributed by atoms with Crippen molar-refractivity contribution in [3.05, 3.63) is 16.8 Å². The van der Waals surface area contributed by atoms with E-state index in [1.807, 2.05) is 37.0 Å². The van der Waals surface area contributed by atoms with E-state index in [4.69, 9.17) is 19.4 Å². The molecule has 0 atom stereocenters. The molecule has 41 heavy (non-hydrogen) atoms. The van der Waals surface area contributed by atoms with Crippen molar-refractivity contribution in [3.63, 3.8) is 0 Å². The number of carbonyl (C=O) groups excluding carboxylic acids is 1. The monoisotopic (exact) mass is 583 g/mol. The first kappa shape index (κ1) is 30.1. The molecule has 1 amide bonds. The molecular formula is C32H49N5O3S. The summed E-state index contributed by atoms with van der Waals surface area (Å²) in [7, 11) is 0. The maximum Gasteiger partial charge on any atom is 0.410 e. The summed E-state index contributed by atoms with van der Waals surface area (Å²) in [4.78, 5) is 26.3. The highest BCUT2D eigenvalue weighted by Crippen LogP contribution is 2.41. The number of hydrogen-bond donors (Lipinski definition) is 1. The molecule has 3 aromatic rings. The van der Waals surface area contributed by atoms with Gasteiger partial charge in [-0.3, -0.25) is 0 Å². The zero-order valence-corrected chi connectivity index (χ0v) is 27.0. The van der Waals surface area contributed by atoms with Crippen LogP contribution in [-0.4, -0.2) is 63.0 Å². The second-order valence-corrected chi connectivity index (χ2v) is 15.0. The second kappa shape index (κ2) is 12.1. The number of pyridine rings is 1. The van der Waals surface area contributed by atoms with Gasteiger partial charge in [-0.2, -0.15) is 0 Å². The molecule has 0 bridgehead atoms. The Morgan fingerprint density at radius 2 is 1.80 bits per heavy atom. The van der Waals surface area contributed by atoms with Crippen LogP contribution in [0.15, 0.2) is 6.07 Å². The minimum Gasteiger partial charge on any atom is -0.444 e. The fourth-order valence-electron chi connectivity index (χ4n) is 5.95. The van der Waals surface area contributed by atoms with E-state index in [-0.39, 0.29) is 11.6 Å². The van der Waals surface area contributed by atoms with Crippen LogP contribution in [-0.2, 0) is 22.4 Å². The summed E-state index contributed by atoms with van der Waals surface area (Å²) in [5.74, 6) is 3.07. The predicted molar refractivity (Wildman–Crippen MR) is 168 cm³/mol. The summed E-state index contributed by atoms with van der Waals surface area (Å²) in [5.41, 5.74) is 2.68. The van der Waals surface area contributed by atoms with Gasteiger partial charge in [-0.25, -0.2) is 14.8 Å². The molecule has 0 aromatic carbocycles. The third-order valence-corrected chi connectivity index (χ3v) is 9.32. The third-order valence-electron chi connectivity index (χ3n) is 8.03. The van der Waals surface area contributed by atoms with E-state index in [1.165, 1.54) is 20.9 Å². The van der Waals surface area contributed by atoms with Crippen molar-refractivity contribution in [2.75, 3.05) is 31.6 Å². The molecule has 2 aliphatic heterocycles. The van der Waals surface area contributed by atoms with E-state index in [1.54, 1.807) is 0 Å². The van der Waals surface area contributed by atoms with Gasteiger partial charge in [0.05, 0.1) is 15.7 Å². The van der Waals surface area contributed by atoms with Crippen LogP contribution in [0.4, 0.5) is 10.6 Å². The van der Waals surface area contributed by atoms with E-state index >= 15 is 0 Å². The lowest BCUT2D eigenvalue weighted by molar-refractivity contribution is 0.0205. The molecule has 0 aliphatic carbocycles. The fourth-order valence-corrected chi connectivity index (χ4v) is 7.27. The number of aryl methyl sites for hydroxylation is 1. The first-order chi connectivity index (χ1) is 19.4. The van der Waals surface area contributed by atoms with Crippen LogP contribution in [0.5, 0.6) is 0 Å². The summed E-state index contributed by atoms with van der Waals surface area (Å²) in [5, 5.41) is 3.68. The van der Waals surface area contributed by atoms with Crippen molar-refractivity contribution < 1.29 is 14.3 Å². The minimum atomic E-state index is -0.473. The van der Waals surface area contributed by atoms with Gasteiger partial charge in [0.2, 0.25) is 0 Å². The number of fused-ring (bicyclic) bond motifs is 3. The molecule has 0 saturated carbocycles. The van der Waals surface area contributed by atoms with Crippen LogP contribution in [0.3, 0.4) is 0 Å². The van der Waals surface area contributed by atoms with Crippen molar-refractivity contribution in [1.29, 1.82) is 0 Å². The Morgan fingerprint density at radius 3 is 2.44 bits per heavy atom. The minimum absolute atomic E-state index is 0.130. The Balaban J connectivity index is 1.52. The van der Waals surface area contributed by atoms with Gasteiger partial charge in [-0.1, -0.05) is 13.3 Å². The van der Waals surface area contributed by atoms with Gasteiger partial charge in [0.15, 0.2) is 5.82 Å². The summed E-state index contributed by atoms with van der Waals surface area (Å²) in [6.45, 7) is 18.7. The number of unbranched alkanes of at least 4 members (excludes halogenated alkanes) is 1. The maximum absolute atomic E-state index is 12.6. The van der Waals surface area contributed by atoms with Crippen LogP contribution in [0.1, 0.15) is 104 Å². The first-order valence-electron chi connectivity index (χ1n) is 15.6. The third kappa shape index (κ3) is 7.16. The lowest BCUT2D eigenvalue weighted by Gasteiger charge is -2.33. The topological polar surface area (TPSA) is 81.5 Å². The molecule has 226 valence electrons. The summed E-state index contributed by atoms with van der Waals surface area (Å²) >= 11 is 1.88. The number of anilines is 1. The Labute approximate surface area is 249 Å². The summed E-state index contributed by atoms with van der Waals surface area (Å²) < 4.78 is 15.1. The highest BCUT2D eigenvalue weighted by Gasteiger charge is 2.30. The smallest absolute Gasteiger partial charge is 0.410 e.